The number of amides is 2. The van der Waals surface area contributed by atoms with E-state index in [4.69, 9.17) is 14.9 Å². The second kappa shape index (κ2) is 5.07. The summed E-state index contributed by atoms with van der Waals surface area (Å²) in [4.78, 5) is 26.5. The molecule has 0 radical (unpaired) electrons. The molecular weight excluding hydrogens is 274 g/mol. The van der Waals surface area contributed by atoms with Crippen molar-refractivity contribution in [2.75, 3.05) is 39.1 Å². The van der Waals surface area contributed by atoms with Crippen LogP contribution in [0, 0.1) is 11.3 Å². The highest BCUT2D eigenvalue weighted by molar-refractivity contribution is 5.97. The van der Waals surface area contributed by atoms with Crippen molar-refractivity contribution >= 4 is 17.5 Å². The van der Waals surface area contributed by atoms with E-state index in [1.165, 1.54) is 6.26 Å². The molecule has 21 heavy (non-hydrogen) atoms. The molecule has 3 N–H and O–H groups in total. The molecule has 2 amide bonds. The fraction of sp³-hybridized carbons (Fsp3) is 0.571. The van der Waals surface area contributed by atoms with Crippen LogP contribution in [0.3, 0.4) is 0 Å². The van der Waals surface area contributed by atoms with E-state index >= 15 is 0 Å². The highest BCUT2D eigenvalue weighted by Crippen LogP contribution is 2.43. The maximum absolute atomic E-state index is 12.5. The number of nitrogen functional groups attached to an aromatic ring is 1. The molecule has 7 heteroatoms. The number of ether oxygens (including phenoxy) is 1. The minimum absolute atomic E-state index is 0.00587. The van der Waals surface area contributed by atoms with E-state index in [0.717, 1.165) is 0 Å². The van der Waals surface area contributed by atoms with Crippen LogP contribution in [0.4, 0.5) is 5.69 Å². The van der Waals surface area contributed by atoms with Gasteiger partial charge in [0.05, 0.1) is 24.0 Å². The lowest BCUT2D eigenvalue weighted by molar-refractivity contribution is -0.138. The number of nitrogens with two attached hydrogens (primary N) is 1. The highest BCUT2D eigenvalue weighted by atomic mass is 16.5. The van der Waals surface area contributed by atoms with Gasteiger partial charge < -0.3 is 25.1 Å². The average Bonchev–Trinajstić information content (AvgIpc) is 3.09. The van der Waals surface area contributed by atoms with Gasteiger partial charge in [0, 0.05) is 38.7 Å². The summed E-state index contributed by atoms with van der Waals surface area (Å²) >= 11 is 0. The summed E-state index contributed by atoms with van der Waals surface area (Å²) in [5, 5.41) is 2.72. The molecule has 7 nitrogen and oxygen atoms in total. The molecule has 0 unspecified atom stereocenters. The van der Waals surface area contributed by atoms with Gasteiger partial charge in [-0.3, -0.25) is 9.59 Å². The second-order valence-corrected chi connectivity index (χ2v) is 5.65. The average molecular weight is 293 g/mol. The Balaban J connectivity index is 1.86. The van der Waals surface area contributed by atoms with Gasteiger partial charge in [-0.2, -0.15) is 0 Å². The van der Waals surface area contributed by atoms with Crippen LogP contribution >= 0.6 is 0 Å². The van der Waals surface area contributed by atoms with E-state index < -0.39 is 5.41 Å². The number of hydrogen-bond donors (Lipinski definition) is 2. The standard InChI is InChI=1S/C14H19N3O4/c1-16-13(19)14-3-5-20-7-9(14)6-17(8-14)12(18)11-10(15)2-4-21-11/h2,4,9H,3,5-8,15H2,1H3,(H,16,19)/t9-,14+/m1/s1. The highest BCUT2D eigenvalue weighted by Gasteiger charge is 2.54. The normalized spacial score (nSPS) is 28.2. The van der Waals surface area contributed by atoms with Crippen LogP contribution in [0.1, 0.15) is 17.0 Å². The van der Waals surface area contributed by atoms with Gasteiger partial charge in [0.15, 0.2) is 0 Å². The van der Waals surface area contributed by atoms with Crippen molar-refractivity contribution in [2.24, 2.45) is 11.3 Å². The molecule has 114 valence electrons. The van der Waals surface area contributed by atoms with Crippen LogP contribution in [0.25, 0.3) is 0 Å². The molecule has 3 rings (SSSR count). The quantitative estimate of drug-likeness (QED) is 0.805. The first kappa shape index (κ1) is 13.9. The van der Waals surface area contributed by atoms with Crippen molar-refractivity contribution in [1.82, 2.24) is 10.2 Å². The van der Waals surface area contributed by atoms with E-state index in [1.54, 1.807) is 18.0 Å². The summed E-state index contributed by atoms with van der Waals surface area (Å²) in [6.45, 7) is 1.88. The number of nitrogens with zero attached hydrogens (tertiary/aromatic N) is 1. The molecule has 0 saturated carbocycles. The minimum atomic E-state index is -0.565. The molecule has 2 fully saturated rings. The Morgan fingerprint density at radius 2 is 2.33 bits per heavy atom. The number of furan rings is 1. The van der Waals surface area contributed by atoms with Crippen LogP contribution in [-0.4, -0.2) is 50.1 Å². The number of rotatable bonds is 2. The number of carbonyl (C=O) groups is 2. The molecular formula is C14H19N3O4. The van der Waals surface area contributed by atoms with Gasteiger partial charge in [-0.25, -0.2) is 0 Å². The van der Waals surface area contributed by atoms with Crippen LogP contribution in [0.2, 0.25) is 0 Å². The van der Waals surface area contributed by atoms with E-state index in [1.807, 2.05) is 0 Å². The lowest BCUT2D eigenvalue weighted by Gasteiger charge is -2.36. The maximum atomic E-state index is 12.5. The number of likely N-dealkylation sites (tertiary alicyclic amines) is 1. The molecule has 1 aromatic heterocycles. The summed E-state index contributed by atoms with van der Waals surface area (Å²) in [6.07, 6.45) is 2.01. The van der Waals surface area contributed by atoms with Gasteiger partial charge in [0.2, 0.25) is 11.7 Å². The Kier molecular flexibility index (Phi) is 3.36. The summed E-state index contributed by atoms with van der Waals surface area (Å²) in [6, 6.07) is 1.55. The van der Waals surface area contributed by atoms with Gasteiger partial charge in [-0.05, 0) is 6.42 Å². The zero-order valence-corrected chi connectivity index (χ0v) is 11.9. The van der Waals surface area contributed by atoms with Crippen LogP contribution in [-0.2, 0) is 9.53 Å². The van der Waals surface area contributed by atoms with Crippen LogP contribution in [0.15, 0.2) is 16.7 Å². The number of fused-ring (bicyclic) bond motifs is 1. The van der Waals surface area contributed by atoms with E-state index in [2.05, 4.69) is 5.32 Å². The molecule has 0 bridgehead atoms. The third kappa shape index (κ3) is 2.08. The van der Waals surface area contributed by atoms with Gasteiger partial charge in [-0.15, -0.1) is 0 Å². The van der Waals surface area contributed by atoms with Crippen LogP contribution in [0.5, 0.6) is 0 Å². The van der Waals surface area contributed by atoms with Crippen LogP contribution < -0.4 is 11.1 Å². The summed E-state index contributed by atoms with van der Waals surface area (Å²) in [5.74, 6) is -0.151. The first-order chi connectivity index (χ1) is 10.1. The number of anilines is 1. The van der Waals surface area contributed by atoms with Crippen molar-refractivity contribution in [1.29, 1.82) is 0 Å². The summed E-state index contributed by atoms with van der Waals surface area (Å²) in [7, 11) is 1.62. The molecule has 0 aromatic carbocycles. The zero-order valence-electron chi connectivity index (χ0n) is 11.9. The molecule has 0 aliphatic carbocycles. The second-order valence-electron chi connectivity index (χ2n) is 5.65. The van der Waals surface area contributed by atoms with Gasteiger partial charge in [-0.1, -0.05) is 0 Å². The fourth-order valence-electron chi connectivity index (χ4n) is 3.36. The molecule has 1 aromatic rings. The first-order valence-electron chi connectivity index (χ1n) is 7.00. The molecule has 2 aliphatic rings. The Morgan fingerprint density at radius 3 is 3.00 bits per heavy atom. The minimum Gasteiger partial charge on any atom is -0.457 e. The van der Waals surface area contributed by atoms with E-state index in [-0.39, 0.29) is 23.5 Å². The third-order valence-corrected chi connectivity index (χ3v) is 4.56. The number of carbonyl (C=O) groups excluding carboxylic acids is 2. The fourth-order valence-corrected chi connectivity index (χ4v) is 3.36. The summed E-state index contributed by atoms with van der Waals surface area (Å²) in [5.41, 5.74) is 5.48. The Bertz CT molecular complexity index is 570. The topological polar surface area (TPSA) is 97.8 Å². The summed E-state index contributed by atoms with van der Waals surface area (Å²) < 4.78 is 10.6. The Morgan fingerprint density at radius 1 is 1.52 bits per heavy atom. The first-order valence-corrected chi connectivity index (χ1v) is 7.00. The molecule has 3 heterocycles. The van der Waals surface area contributed by atoms with Crippen molar-refractivity contribution in [3.8, 4) is 0 Å². The number of hydrogen-bond acceptors (Lipinski definition) is 5. The Labute approximate surface area is 122 Å². The monoisotopic (exact) mass is 293 g/mol. The van der Waals surface area contributed by atoms with E-state index in [0.29, 0.717) is 38.4 Å². The lowest BCUT2D eigenvalue weighted by atomic mass is 9.73. The molecule has 2 aliphatic heterocycles. The Hall–Kier alpha value is -2.02. The smallest absolute Gasteiger partial charge is 0.291 e. The van der Waals surface area contributed by atoms with E-state index in [9.17, 15) is 9.59 Å². The van der Waals surface area contributed by atoms with Crippen molar-refractivity contribution in [3.05, 3.63) is 18.1 Å². The van der Waals surface area contributed by atoms with Gasteiger partial charge in [0.1, 0.15) is 0 Å². The SMILES string of the molecule is CNC(=O)[C@]12CCOC[C@H]1CN(C(=O)c1occc1N)C2. The number of nitrogens with one attached hydrogen (secondary N) is 1. The zero-order chi connectivity index (χ0) is 15.0. The predicted molar refractivity (Wildman–Crippen MR) is 74.4 cm³/mol. The van der Waals surface area contributed by atoms with Gasteiger partial charge in [0.25, 0.3) is 5.91 Å². The van der Waals surface area contributed by atoms with Crippen molar-refractivity contribution < 1.29 is 18.7 Å². The van der Waals surface area contributed by atoms with Gasteiger partial charge >= 0.3 is 0 Å². The van der Waals surface area contributed by atoms with Crippen molar-refractivity contribution in [3.63, 3.8) is 0 Å². The third-order valence-electron chi connectivity index (χ3n) is 4.56. The predicted octanol–water partition coefficient (Wildman–Crippen LogP) is 0.0865. The largest absolute Gasteiger partial charge is 0.457 e. The molecule has 2 atom stereocenters. The lowest BCUT2D eigenvalue weighted by Crippen LogP contribution is -2.49. The molecule has 0 spiro atoms. The maximum Gasteiger partial charge on any atom is 0.291 e. The molecule has 2 saturated heterocycles. The van der Waals surface area contributed by atoms with Crippen molar-refractivity contribution in [2.45, 2.75) is 6.42 Å².